The van der Waals surface area contributed by atoms with Crippen molar-refractivity contribution in [2.24, 2.45) is 5.73 Å². The minimum atomic E-state index is -0.256. The number of hydrogen-bond acceptors (Lipinski definition) is 2. The second-order valence-corrected chi connectivity index (χ2v) is 3.57. The molecule has 0 aromatic heterocycles. The molecule has 1 atom stereocenters. The standard InChI is InChI=1S/C9H18N2O/c1-11-7-5-3-2-4-6-8(10)9(11)12/h8H,2-7,10H2,1H3. The molecule has 1 rings (SSSR count). The molecule has 1 unspecified atom stereocenters. The van der Waals surface area contributed by atoms with Crippen molar-refractivity contribution < 1.29 is 4.79 Å². The van der Waals surface area contributed by atoms with Gasteiger partial charge in [-0.05, 0) is 12.8 Å². The van der Waals surface area contributed by atoms with Crippen LogP contribution in [0.15, 0.2) is 0 Å². The molecule has 12 heavy (non-hydrogen) atoms. The summed E-state index contributed by atoms with van der Waals surface area (Å²) in [6.45, 7) is 0.868. The van der Waals surface area contributed by atoms with Crippen molar-refractivity contribution in [2.45, 2.75) is 38.1 Å². The summed E-state index contributed by atoms with van der Waals surface area (Å²) in [7, 11) is 1.84. The predicted molar refractivity (Wildman–Crippen MR) is 48.7 cm³/mol. The molecule has 0 saturated carbocycles. The van der Waals surface area contributed by atoms with Gasteiger partial charge in [-0.1, -0.05) is 19.3 Å². The maximum atomic E-state index is 11.5. The van der Waals surface area contributed by atoms with E-state index < -0.39 is 0 Å². The third-order valence-electron chi connectivity index (χ3n) is 2.45. The van der Waals surface area contributed by atoms with Crippen LogP contribution in [0.3, 0.4) is 0 Å². The Morgan fingerprint density at radius 2 is 2.00 bits per heavy atom. The molecule has 1 heterocycles. The van der Waals surface area contributed by atoms with Crippen molar-refractivity contribution in [3.63, 3.8) is 0 Å². The van der Waals surface area contributed by atoms with E-state index in [9.17, 15) is 4.79 Å². The monoisotopic (exact) mass is 170 g/mol. The van der Waals surface area contributed by atoms with Gasteiger partial charge in [-0.25, -0.2) is 0 Å². The third-order valence-corrected chi connectivity index (χ3v) is 2.45. The molecule has 0 spiro atoms. The number of hydrogen-bond donors (Lipinski definition) is 1. The molecule has 1 amide bonds. The zero-order chi connectivity index (χ0) is 8.97. The minimum absolute atomic E-state index is 0.108. The summed E-state index contributed by atoms with van der Waals surface area (Å²) >= 11 is 0. The van der Waals surface area contributed by atoms with Crippen LogP contribution in [0.25, 0.3) is 0 Å². The Kier molecular flexibility index (Phi) is 3.53. The van der Waals surface area contributed by atoms with Crippen LogP contribution in [0.5, 0.6) is 0 Å². The molecule has 0 aromatic rings. The lowest BCUT2D eigenvalue weighted by Crippen LogP contribution is -2.41. The van der Waals surface area contributed by atoms with Crippen molar-refractivity contribution in [1.29, 1.82) is 0 Å². The highest BCUT2D eigenvalue weighted by Crippen LogP contribution is 2.10. The van der Waals surface area contributed by atoms with Crippen LogP contribution in [-0.2, 0) is 4.79 Å². The third kappa shape index (κ3) is 2.48. The first-order chi connectivity index (χ1) is 5.72. The molecule has 2 N–H and O–H groups in total. The van der Waals surface area contributed by atoms with Crippen LogP contribution < -0.4 is 5.73 Å². The van der Waals surface area contributed by atoms with Crippen molar-refractivity contribution >= 4 is 5.91 Å². The van der Waals surface area contributed by atoms with E-state index in [1.54, 1.807) is 4.90 Å². The fourth-order valence-electron chi connectivity index (χ4n) is 1.58. The number of nitrogens with zero attached hydrogens (tertiary/aromatic N) is 1. The zero-order valence-electron chi connectivity index (χ0n) is 7.75. The second kappa shape index (κ2) is 4.45. The van der Waals surface area contributed by atoms with E-state index in [4.69, 9.17) is 5.73 Å². The summed E-state index contributed by atoms with van der Waals surface area (Å²) in [6, 6.07) is -0.256. The molecule has 70 valence electrons. The van der Waals surface area contributed by atoms with Gasteiger partial charge in [0.25, 0.3) is 0 Å². The van der Waals surface area contributed by atoms with E-state index in [1.165, 1.54) is 12.8 Å². The topological polar surface area (TPSA) is 46.3 Å². The van der Waals surface area contributed by atoms with E-state index >= 15 is 0 Å². The Bertz CT molecular complexity index is 143. The van der Waals surface area contributed by atoms with Crippen LogP contribution in [0.4, 0.5) is 0 Å². The molecule has 1 saturated heterocycles. The van der Waals surface area contributed by atoms with Gasteiger partial charge in [0.05, 0.1) is 6.04 Å². The largest absolute Gasteiger partial charge is 0.344 e. The Morgan fingerprint density at radius 1 is 1.33 bits per heavy atom. The van der Waals surface area contributed by atoms with Crippen molar-refractivity contribution in [1.82, 2.24) is 4.90 Å². The second-order valence-electron chi connectivity index (χ2n) is 3.57. The van der Waals surface area contributed by atoms with Crippen LogP contribution >= 0.6 is 0 Å². The van der Waals surface area contributed by atoms with Crippen LogP contribution in [0.1, 0.15) is 32.1 Å². The van der Waals surface area contributed by atoms with Gasteiger partial charge >= 0.3 is 0 Å². The maximum absolute atomic E-state index is 11.5. The maximum Gasteiger partial charge on any atom is 0.239 e. The summed E-state index contributed by atoms with van der Waals surface area (Å²) in [6.07, 6.45) is 5.51. The molecule has 0 aliphatic carbocycles. The molecule has 1 aliphatic rings. The SMILES string of the molecule is CN1CCCCCCC(N)C1=O. The smallest absolute Gasteiger partial charge is 0.239 e. The van der Waals surface area contributed by atoms with E-state index in [2.05, 4.69) is 0 Å². The highest BCUT2D eigenvalue weighted by Gasteiger charge is 2.18. The molecular formula is C9H18N2O. The Balaban J connectivity index is 2.50. The Morgan fingerprint density at radius 3 is 2.75 bits per heavy atom. The molecule has 1 aliphatic heterocycles. The first-order valence-corrected chi connectivity index (χ1v) is 4.72. The molecule has 3 heteroatoms. The summed E-state index contributed by atoms with van der Waals surface area (Å²) in [4.78, 5) is 13.2. The summed E-state index contributed by atoms with van der Waals surface area (Å²) in [5.41, 5.74) is 5.72. The zero-order valence-corrected chi connectivity index (χ0v) is 7.75. The number of carbonyl (C=O) groups excluding carboxylic acids is 1. The molecule has 3 nitrogen and oxygen atoms in total. The van der Waals surface area contributed by atoms with E-state index in [1.807, 2.05) is 7.05 Å². The van der Waals surface area contributed by atoms with Gasteiger partial charge in [0.15, 0.2) is 0 Å². The Labute approximate surface area is 73.9 Å². The lowest BCUT2D eigenvalue weighted by atomic mass is 10.1. The minimum Gasteiger partial charge on any atom is -0.344 e. The van der Waals surface area contributed by atoms with Gasteiger partial charge in [-0.2, -0.15) is 0 Å². The van der Waals surface area contributed by atoms with Gasteiger partial charge in [-0.15, -0.1) is 0 Å². The average molecular weight is 170 g/mol. The first-order valence-electron chi connectivity index (χ1n) is 4.72. The van der Waals surface area contributed by atoms with Crippen molar-refractivity contribution in [3.8, 4) is 0 Å². The number of nitrogens with two attached hydrogens (primary N) is 1. The van der Waals surface area contributed by atoms with E-state index in [0.717, 1.165) is 25.8 Å². The highest BCUT2D eigenvalue weighted by molar-refractivity contribution is 5.81. The Hall–Kier alpha value is -0.570. The van der Waals surface area contributed by atoms with Crippen LogP contribution in [-0.4, -0.2) is 30.4 Å². The summed E-state index contributed by atoms with van der Waals surface area (Å²) in [5, 5.41) is 0. The average Bonchev–Trinajstić information content (AvgIpc) is 2.12. The van der Waals surface area contributed by atoms with Gasteiger partial charge in [0, 0.05) is 13.6 Å². The lowest BCUT2D eigenvalue weighted by molar-refractivity contribution is -0.131. The van der Waals surface area contributed by atoms with Gasteiger partial charge in [-0.3, -0.25) is 4.79 Å². The first kappa shape index (κ1) is 9.52. The molecule has 0 radical (unpaired) electrons. The van der Waals surface area contributed by atoms with Gasteiger partial charge < -0.3 is 10.6 Å². The summed E-state index contributed by atoms with van der Waals surface area (Å²) in [5.74, 6) is 0.108. The molecule has 1 fully saturated rings. The van der Waals surface area contributed by atoms with Crippen LogP contribution in [0, 0.1) is 0 Å². The van der Waals surface area contributed by atoms with Crippen molar-refractivity contribution in [2.75, 3.05) is 13.6 Å². The molecular weight excluding hydrogens is 152 g/mol. The highest BCUT2D eigenvalue weighted by atomic mass is 16.2. The number of likely N-dealkylation sites (N-methyl/N-ethyl adjacent to an activating group) is 1. The summed E-state index contributed by atoms with van der Waals surface area (Å²) < 4.78 is 0. The normalized spacial score (nSPS) is 27.7. The fraction of sp³-hybridized carbons (Fsp3) is 0.889. The fourth-order valence-corrected chi connectivity index (χ4v) is 1.58. The van der Waals surface area contributed by atoms with Gasteiger partial charge in [0.1, 0.15) is 0 Å². The quantitative estimate of drug-likeness (QED) is 0.582. The number of rotatable bonds is 0. The predicted octanol–water partition coefficient (Wildman–Crippen LogP) is 0.736. The molecule has 0 bridgehead atoms. The van der Waals surface area contributed by atoms with Crippen LogP contribution in [0.2, 0.25) is 0 Å². The van der Waals surface area contributed by atoms with E-state index in [-0.39, 0.29) is 11.9 Å². The van der Waals surface area contributed by atoms with Crippen molar-refractivity contribution in [3.05, 3.63) is 0 Å². The van der Waals surface area contributed by atoms with E-state index in [0.29, 0.717) is 0 Å². The molecule has 0 aromatic carbocycles. The number of carbonyl (C=O) groups is 1. The van der Waals surface area contributed by atoms with Gasteiger partial charge in [0.2, 0.25) is 5.91 Å². The number of amides is 1. The lowest BCUT2D eigenvalue weighted by Gasteiger charge is -2.19.